The summed E-state index contributed by atoms with van der Waals surface area (Å²) in [5.41, 5.74) is 6.49. The van der Waals surface area contributed by atoms with Gasteiger partial charge in [0.05, 0.1) is 30.2 Å². The molecule has 0 radical (unpaired) electrons. The SMILES string of the molecule is COCC1=C2[C@@H](CC/C(=C/c3cc(C)c(O)c(C)c3)c3ccccn3)OB(O)C[C@@H]2[C@@H]2C(=O)N(C3CCCCC3)C(=O)[C@@H]2C1. The van der Waals surface area contributed by atoms with Crippen LogP contribution in [0.25, 0.3) is 11.6 Å². The number of imide groups is 1. The Bertz CT molecular complexity index is 1440. The van der Waals surface area contributed by atoms with Crippen molar-refractivity contribution in [1.29, 1.82) is 0 Å². The smallest absolute Gasteiger partial charge is 0.455 e. The van der Waals surface area contributed by atoms with Crippen LogP contribution in [-0.4, -0.2) is 64.8 Å². The lowest BCUT2D eigenvalue weighted by Gasteiger charge is -2.43. The summed E-state index contributed by atoms with van der Waals surface area (Å²) in [5, 5.41) is 21.3. The first-order valence-corrected chi connectivity index (χ1v) is 16.1. The van der Waals surface area contributed by atoms with Crippen LogP contribution in [0, 0.1) is 31.6 Å². The third kappa shape index (κ3) is 5.89. The molecular weight excluding hydrogens is 555 g/mol. The molecule has 0 spiro atoms. The molecule has 4 atom stereocenters. The van der Waals surface area contributed by atoms with E-state index >= 15 is 0 Å². The minimum absolute atomic E-state index is 0.0116. The van der Waals surface area contributed by atoms with Crippen molar-refractivity contribution in [3.05, 3.63) is 70.1 Å². The van der Waals surface area contributed by atoms with E-state index in [1.54, 1.807) is 18.2 Å². The number of fused-ring (bicyclic) bond motifs is 3. The Morgan fingerprint density at radius 2 is 1.86 bits per heavy atom. The molecule has 1 saturated carbocycles. The summed E-state index contributed by atoms with van der Waals surface area (Å²) in [5.74, 6) is -0.938. The summed E-state index contributed by atoms with van der Waals surface area (Å²) in [6.07, 6.45) is 10.4. The monoisotopic (exact) mass is 598 g/mol. The zero-order chi connectivity index (χ0) is 31.0. The van der Waals surface area contributed by atoms with Crippen LogP contribution < -0.4 is 0 Å². The fourth-order valence-corrected chi connectivity index (χ4v) is 8.18. The zero-order valence-corrected chi connectivity index (χ0v) is 26.0. The zero-order valence-electron chi connectivity index (χ0n) is 26.0. The Morgan fingerprint density at radius 1 is 1.11 bits per heavy atom. The van der Waals surface area contributed by atoms with Gasteiger partial charge in [-0.05, 0) is 122 Å². The lowest BCUT2D eigenvalue weighted by molar-refractivity contribution is -0.143. The number of benzene rings is 1. The van der Waals surface area contributed by atoms with Crippen LogP contribution in [-0.2, 0) is 19.0 Å². The number of rotatable bonds is 8. The number of likely N-dealkylation sites (tertiary alicyclic amines) is 1. The second kappa shape index (κ2) is 13.0. The highest BCUT2D eigenvalue weighted by molar-refractivity contribution is 6.43. The number of aromatic nitrogens is 1. The number of methoxy groups -OCH3 is 1. The molecule has 2 aliphatic carbocycles. The van der Waals surface area contributed by atoms with Crippen molar-refractivity contribution in [2.75, 3.05) is 13.7 Å². The van der Waals surface area contributed by atoms with E-state index in [0.29, 0.717) is 37.9 Å². The third-order valence-electron chi connectivity index (χ3n) is 10.1. The van der Waals surface area contributed by atoms with E-state index in [-0.39, 0.29) is 23.8 Å². The number of phenolic OH excluding ortho intramolecular Hbond substituents is 1. The molecule has 0 unspecified atom stereocenters. The van der Waals surface area contributed by atoms with Crippen molar-refractivity contribution >= 4 is 30.6 Å². The van der Waals surface area contributed by atoms with Gasteiger partial charge in [0.15, 0.2) is 0 Å². The Morgan fingerprint density at radius 3 is 2.55 bits per heavy atom. The topological polar surface area (TPSA) is 109 Å². The van der Waals surface area contributed by atoms with Gasteiger partial charge in [-0.2, -0.15) is 0 Å². The number of amides is 2. The van der Waals surface area contributed by atoms with Gasteiger partial charge in [0, 0.05) is 19.3 Å². The fraction of sp³-hybridized carbons (Fsp3) is 0.514. The molecular formula is C35H43BN2O6. The summed E-state index contributed by atoms with van der Waals surface area (Å²) in [7, 11) is 0.634. The van der Waals surface area contributed by atoms with Gasteiger partial charge in [-0.3, -0.25) is 19.5 Å². The normalized spacial score (nSPS) is 26.3. The van der Waals surface area contributed by atoms with Crippen LogP contribution in [0.2, 0.25) is 6.32 Å². The van der Waals surface area contributed by atoms with Crippen LogP contribution in [0.15, 0.2) is 47.7 Å². The number of phenols is 1. The number of pyridine rings is 1. The molecule has 2 N–H and O–H groups in total. The maximum Gasteiger partial charge on any atom is 0.455 e. The second-order valence-corrected chi connectivity index (χ2v) is 13.0. The maximum atomic E-state index is 14.0. The fourth-order valence-electron chi connectivity index (χ4n) is 8.18. The number of ether oxygens (including phenoxy) is 1. The van der Waals surface area contributed by atoms with E-state index in [9.17, 15) is 19.7 Å². The first-order valence-electron chi connectivity index (χ1n) is 16.1. The molecule has 1 aromatic heterocycles. The van der Waals surface area contributed by atoms with Crippen molar-refractivity contribution in [3.8, 4) is 5.75 Å². The minimum atomic E-state index is -1.02. The molecule has 1 aromatic carbocycles. The van der Waals surface area contributed by atoms with Gasteiger partial charge in [0.25, 0.3) is 0 Å². The highest BCUT2D eigenvalue weighted by Gasteiger charge is 2.58. The molecule has 2 saturated heterocycles. The Kier molecular flexibility index (Phi) is 9.08. The van der Waals surface area contributed by atoms with Crippen molar-refractivity contribution in [1.82, 2.24) is 9.88 Å². The lowest BCUT2D eigenvalue weighted by Crippen LogP contribution is -2.47. The van der Waals surface area contributed by atoms with E-state index in [1.165, 1.54) is 0 Å². The predicted octanol–water partition coefficient (Wildman–Crippen LogP) is 5.50. The van der Waals surface area contributed by atoms with Gasteiger partial charge < -0.3 is 19.5 Å². The summed E-state index contributed by atoms with van der Waals surface area (Å²) >= 11 is 0. The number of hydrogen-bond acceptors (Lipinski definition) is 7. The van der Waals surface area contributed by atoms with E-state index < -0.39 is 25.1 Å². The summed E-state index contributed by atoms with van der Waals surface area (Å²) in [6.45, 7) is 4.15. The van der Waals surface area contributed by atoms with Gasteiger partial charge in [-0.1, -0.05) is 25.3 Å². The molecule has 44 heavy (non-hydrogen) atoms. The van der Waals surface area contributed by atoms with Crippen LogP contribution in [0.3, 0.4) is 0 Å². The number of carbonyl (C=O) groups is 2. The van der Waals surface area contributed by atoms with Gasteiger partial charge in [0.1, 0.15) is 5.75 Å². The number of nitrogens with zero attached hydrogens (tertiary/aromatic N) is 2. The standard InChI is InChI=1S/C35H43BN2O6/c1-21-15-23(16-22(2)33(21)39)17-24(29-11-7-8-14-37-29)12-13-30-31-25(20-43-3)18-27-32(28(31)19-36(42)44-30)35(41)38(34(27)40)26-9-5-4-6-10-26/h7-8,11,14-17,26-28,30,32,39,42H,4-6,9-10,12-13,18-20H2,1-3H3/b24-17-/t27-,28+,30-,32-/m1/s1. The summed E-state index contributed by atoms with van der Waals surface area (Å²) in [6, 6.07) is 9.74. The molecule has 0 bridgehead atoms. The van der Waals surface area contributed by atoms with Gasteiger partial charge in [-0.25, -0.2) is 0 Å². The Labute approximate surface area is 260 Å². The largest absolute Gasteiger partial charge is 0.507 e. The molecule has 4 aliphatic rings. The van der Waals surface area contributed by atoms with E-state index in [0.717, 1.165) is 71.2 Å². The first-order chi connectivity index (χ1) is 21.3. The summed E-state index contributed by atoms with van der Waals surface area (Å²) in [4.78, 5) is 34.0. The van der Waals surface area contributed by atoms with Crippen molar-refractivity contribution in [3.63, 3.8) is 0 Å². The van der Waals surface area contributed by atoms with Crippen LogP contribution in [0.5, 0.6) is 5.75 Å². The minimum Gasteiger partial charge on any atom is -0.507 e. The van der Waals surface area contributed by atoms with E-state index in [4.69, 9.17) is 9.39 Å². The van der Waals surface area contributed by atoms with Gasteiger partial charge >= 0.3 is 7.12 Å². The third-order valence-corrected chi connectivity index (χ3v) is 10.1. The molecule has 2 aromatic rings. The van der Waals surface area contributed by atoms with Crippen molar-refractivity contribution < 1.29 is 29.1 Å². The quantitative estimate of drug-likeness (QED) is 0.235. The second-order valence-electron chi connectivity index (χ2n) is 13.0. The van der Waals surface area contributed by atoms with Crippen LogP contribution in [0.1, 0.15) is 73.8 Å². The predicted molar refractivity (Wildman–Crippen MR) is 169 cm³/mol. The number of hydrogen-bond donors (Lipinski definition) is 2. The molecule has 2 amide bonds. The molecule has 8 nitrogen and oxygen atoms in total. The molecule has 3 fully saturated rings. The maximum absolute atomic E-state index is 14.0. The Hall–Kier alpha value is -3.27. The first kappa shape index (κ1) is 30.7. The molecule has 232 valence electrons. The molecule has 9 heteroatoms. The summed E-state index contributed by atoms with van der Waals surface area (Å²) < 4.78 is 11.9. The number of allylic oxidation sites excluding steroid dienone is 1. The molecule has 6 rings (SSSR count). The number of aryl methyl sites for hydroxylation is 2. The van der Waals surface area contributed by atoms with E-state index in [2.05, 4.69) is 11.1 Å². The average Bonchev–Trinajstić information content (AvgIpc) is 3.27. The molecule has 3 heterocycles. The van der Waals surface area contributed by atoms with Crippen molar-refractivity contribution in [2.24, 2.45) is 17.8 Å². The van der Waals surface area contributed by atoms with Gasteiger partial charge in [0.2, 0.25) is 11.8 Å². The molecule has 2 aliphatic heterocycles. The lowest BCUT2D eigenvalue weighted by atomic mass is 9.58. The van der Waals surface area contributed by atoms with Crippen LogP contribution in [0.4, 0.5) is 0 Å². The van der Waals surface area contributed by atoms with Gasteiger partial charge in [-0.15, -0.1) is 0 Å². The van der Waals surface area contributed by atoms with E-state index in [1.807, 2.05) is 44.2 Å². The highest BCUT2D eigenvalue weighted by atomic mass is 16.5. The number of carbonyl (C=O) groups excluding carboxylic acids is 2. The number of aromatic hydroxyl groups is 1. The average molecular weight is 599 g/mol. The van der Waals surface area contributed by atoms with Crippen molar-refractivity contribution in [2.45, 2.75) is 83.7 Å². The Balaban J connectivity index is 1.31. The van der Waals surface area contributed by atoms with Crippen LogP contribution >= 0.6 is 0 Å². The highest BCUT2D eigenvalue weighted by Crippen LogP contribution is 2.51.